The van der Waals surface area contributed by atoms with Crippen molar-refractivity contribution < 1.29 is 9.31 Å². The van der Waals surface area contributed by atoms with E-state index in [1.165, 1.54) is 76.2 Å². The lowest BCUT2D eigenvalue weighted by atomic mass is 9.69. The maximum atomic E-state index is 6.26. The summed E-state index contributed by atoms with van der Waals surface area (Å²) in [5.74, 6) is 0. The van der Waals surface area contributed by atoms with E-state index in [4.69, 9.17) is 9.31 Å². The average molecular weight is 386 g/mol. The molecule has 1 aromatic carbocycles. The molecule has 0 aliphatic carbocycles. The van der Waals surface area contributed by atoms with Gasteiger partial charge in [-0.15, -0.1) is 0 Å². The molecule has 0 atom stereocenters. The predicted octanol–water partition coefficient (Wildman–Crippen LogP) is 6.70. The van der Waals surface area contributed by atoms with Gasteiger partial charge in [0.25, 0.3) is 0 Å². The smallest absolute Gasteiger partial charge is 0.407 e. The van der Waals surface area contributed by atoms with Crippen LogP contribution in [0.25, 0.3) is 0 Å². The van der Waals surface area contributed by atoms with Crippen molar-refractivity contribution in [2.24, 2.45) is 5.41 Å². The van der Waals surface area contributed by atoms with Crippen molar-refractivity contribution in [3.05, 3.63) is 29.8 Å². The predicted molar refractivity (Wildman–Crippen MR) is 122 cm³/mol. The topological polar surface area (TPSA) is 18.5 Å². The van der Waals surface area contributed by atoms with Crippen molar-refractivity contribution in [1.82, 2.24) is 0 Å². The minimum absolute atomic E-state index is 0.0267. The number of hydrogen-bond donors (Lipinski definition) is 0. The van der Waals surface area contributed by atoms with Crippen LogP contribution in [0.4, 0.5) is 0 Å². The molecule has 0 amide bonds. The largest absolute Gasteiger partial charge is 0.494 e. The van der Waals surface area contributed by atoms with Crippen LogP contribution in [0.5, 0.6) is 0 Å². The summed E-state index contributed by atoms with van der Waals surface area (Å²) >= 11 is 0. The molecule has 0 aromatic heterocycles. The van der Waals surface area contributed by atoms with E-state index in [0.717, 1.165) is 12.1 Å². The fourth-order valence-electron chi connectivity index (χ4n) is 3.74. The van der Waals surface area contributed by atoms with Gasteiger partial charge in [-0.05, 0) is 37.7 Å². The zero-order valence-electron chi connectivity index (χ0n) is 19.2. The summed E-state index contributed by atoms with van der Waals surface area (Å²) in [5, 5.41) is 0. The molecule has 158 valence electrons. The van der Waals surface area contributed by atoms with Gasteiger partial charge < -0.3 is 9.31 Å². The molecule has 3 heteroatoms. The van der Waals surface area contributed by atoms with Crippen LogP contribution < -0.4 is 5.46 Å². The van der Waals surface area contributed by atoms with E-state index in [1.807, 2.05) is 0 Å². The molecule has 1 aliphatic rings. The van der Waals surface area contributed by atoms with E-state index in [2.05, 4.69) is 58.9 Å². The van der Waals surface area contributed by atoms with Crippen molar-refractivity contribution >= 4 is 12.6 Å². The molecule has 1 aliphatic heterocycles. The molecular formula is C25H43BO2. The Morgan fingerprint density at radius 2 is 1.32 bits per heavy atom. The second-order valence-corrected chi connectivity index (χ2v) is 9.83. The van der Waals surface area contributed by atoms with Crippen LogP contribution in [0.15, 0.2) is 24.3 Å². The van der Waals surface area contributed by atoms with E-state index in [0.29, 0.717) is 0 Å². The molecule has 2 rings (SSSR count). The third kappa shape index (κ3) is 7.23. The maximum absolute atomic E-state index is 6.26. The first kappa shape index (κ1) is 23.5. The Balaban J connectivity index is 1.63. The maximum Gasteiger partial charge on any atom is 0.494 e. The molecule has 1 saturated heterocycles. The quantitative estimate of drug-likeness (QED) is 0.294. The number of unbranched alkanes of at least 4 members (excludes halogenated alkanes) is 9. The van der Waals surface area contributed by atoms with Crippen molar-refractivity contribution in [1.29, 1.82) is 0 Å². The molecule has 0 spiro atoms. The molecule has 0 saturated carbocycles. The molecular weight excluding hydrogens is 343 g/mol. The second kappa shape index (κ2) is 11.4. The third-order valence-electron chi connectivity index (χ3n) is 6.70. The number of benzene rings is 1. The van der Waals surface area contributed by atoms with Gasteiger partial charge in [0.1, 0.15) is 0 Å². The van der Waals surface area contributed by atoms with Crippen LogP contribution in [0.2, 0.25) is 0 Å². The summed E-state index contributed by atoms with van der Waals surface area (Å²) < 4.78 is 12.3. The highest BCUT2D eigenvalue weighted by molar-refractivity contribution is 6.61. The minimum atomic E-state index is -0.241. The average Bonchev–Trinajstić information content (AvgIpc) is 2.66. The van der Waals surface area contributed by atoms with Gasteiger partial charge in [0.2, 0.25) is 0 Å². The fraction of sp³-hybridized carbons (Fsp3) is 0.760. The highest BCUT2D eigenvalue weighted by Crippen LogP contribution is 2.38. The Bertz CT molecular complexity index is 550. The number of aryl methyl sites for hydroxylation is 1. The Labute approximate surface area is 174 Å². The van der Waals surface area contributed by atoms with Crippen molar-refractivity contribution in [3.8, 4) is 0 Å². The van der Waals surface area contributed by atoms with Crippen LogP contribution in [0.3, 0.4) is 0 Å². The zero-order chi connectivity index (χ0) is 20.5. The van der Waals surface area contributed by atoms with Gasteiger partial charge in [-0.25, -0.2) is 0 Å². The van der Waals surface area contributed by atoms with Gasteiger partial charge in [0.15, 0.2) is 0 Å². The Kier molecular flexibility index (Phi) is 9.57. The molecule has 0 bridgehead atoms. The van der Waals surface area contributed by atoms with Gasteiger partial charge in [-0.3, -0.25) is 0 Å². The van der Waals surface area contributed by atoms with Gasteiger partial charge in [0.05, 0.1) is 5.60 Å². The third-order valence-corrected chi connectivity index (χ3v) is 6.70. The monoisotopic (exact) mass is 386 g/mol. The first-order chi connectivity index (χ1) is 13.4. The molecule has 2 nitrogen and oxygen atoms in total. The van der Waals surface area contributed by atoms with Gasteiger partial charge in [0, 0.05) is 12.0 Å². The molecule has 0 N–H and O–H groups in total. The zero-order valence-corrected chi connectivity index (χ0v) is 19.2. The molecule has 0 unspecified atom stereocenters. The second-order valence-electron chi connectivity index (χ2n) is 9.83. The molecule has 1 aromatic rings. The van der Waals surface area contributed by atoms with Crippen LogP contribution in [-0.4, -0.2) is 19.3 Å². The summed E-state index contributed by atoms with van der Waals surface area (Å²) in [6.07, 6.45) is 15.1. The first-order valence-electron chi connectivity index (χ1n) is 11.7. The summed E-state index contributed by atoms with van der Waals surface area (Å²) in [4.78, 5) is 0. The Morgan fingerprint density at radius 1 is 0.786 bits per heavy atom. The summed E-state index contributed by atoms with van der Waals surface area (Å²) in [5.41, 5.74) is 2.40. The van der Waals surface area contributed by atoms with Crippen LogP contribution in [0, 0.1) is 5.41 Å². The van der Waals surface area contributed by atoms with Crippen LogP contribution in [-0.2, 0) is 15.7 Å². The number of hydrogen-bond acceptors (Lipinski definition) is 2. The summed E-state index contributed by atoms with van der Waals surface area (Å²) in [6.45, 7) is 11.8. The van der Waals surface area contributed by atoms with E-state index >= 15 is 0 Å². The van der Waals surface area contributed by atoms with E-state index in [1.54, 1.807) is 0 Å². The van der Waals surface area contributed by atoms with E-state index < -0.39 is 0 Å². The summed E-state index contributed by atoms with van der Waals surface area (Å²) in [6, 6.07) is 8.88. The minimum Gasteiger partial charge on any atom is -0.407 e. The van der Waals surface area contributed by atoms with Crippen molar-refractivity contribution in [2.45, 2.75) is 111 Å². The van der Waals surface area contributed by atoms with E-state index in [-0.39, 0.29) is 18.1 Å². The van der Waals surface area contributed by atoms with Crippen LogP contribution >= 0.6 is 0 Å². The van der Waals surface area contributed by atoms with E-state index in [9.17, 15) is 0 Å². The Hall–Kier alpha value is -0.795. The lowest BCUT2D eigenvalue weighted by Gasteiger charge is -2.47. The van der Waals surface area contributed by atoms with Crippen molar-refractivity contribution in [3.63, 3.8) is 0 Å². The highest BCUT2D eigenvalue weighted by Gasteiger charge is 2.46. The standard InChI is InChI=1S/C25H43BO2/c1-6-7-8-9-10-11-12-13-14-15-16-22-17-19-23(20-18-22)26-27-21-24(2,3)25(4,5)28-26/h17-20H,6-16,21H2,1-5H3. The van der Waals surface area contributed by atoms with Gasteiger partial charge in [-0.1, -0.05) is 103 Å². The lowest BCUT2D eigenvalue weighted by molar-refractivity contribution is -0.0937. The SMILES string of the molecule is CCCCCCCCCCCCc1ccc(B2OCC(C)(C)C(C)(C)O2)cc1. The number of rotatable bonds is 12. The van der Waals surface area contributed by atoms with Gasteiger partial charge in [-0.2, -0.15) is 0 Å². The lowest BCUT2D eigenvalue weighted by Crippen LogP contribution is -2.58. The molecule has 1 heterocycles. The van der Waals surface area contributed by atoms with Gasteiger partial charge >= 0.3 is 7.12 Å². The molecule has 0 radical (unpaired) electrons. The molecule has 28 heavy (non-hydrogen) atoms. The molecule has 1 fully saturated rings. The Morgan fingerprint density at radius 3 is 1.86 bits per heavy atom. The van der Waals surface area contributed by atoms with Crippen LogP contribution in [0.1, 0.15) is 104 Å². The highest BCUT2D eigenvalue weighted by atomic mass is 16.6. The summed E-state index contributed by atoms with van der Waals surface area (Å²) in [7, 11) is -0.241. The normalized spacial score (nSPS) is 18.4. The fourth-order valence-corrected chi connectivity index (χ4v) is 3.74. The van der Waals surface area contributed by atoms with Crippen molar-refractivity contribution in [2.75, 3.05) is 6.61 Å². The first-order valence-corrected chi connectivity index (χ1v) is 11.7.